The van der Waals surface area contributed by atoms with Gasteiger partial charge in [0.25, 0.3) is 0 Å². The van der Waals surface area contributed by atoms with Gasteiger partial charge in [-0.25, -0.2) is 0 Å². The van der Waals surface area contributed by atoms with Crippen LogP contribution in [0.25, 0.3) is 0 Å². The van der Waals surface area contributed by atoms with Crippen molar-refractivity contribution in [2.75, 3.05) is 13.2 Å². The third-order valence-electron chi connectivity index (χ3n) is 3.39. The van der Waals surface area contributed by atoms with Crippen LogP contribution in [0.3, 0.4) is 0 Å². The molecular formula is C13H19IN2O. The maximum Gasteiger partial charge on any atom is 0.0473 e. The predicted molar refractivity (Wildman–Crippen MR) is 77.4 cm³/mol. The number of ether oxygens (including phenoxy) is 1. The second kappa shape index (κ2) is 6.68. The summed E-state index contributed by atoms with van der Waals surface area (Å²) in [6.45, 7) is 1.79. The molecule has 1 atom stereocenters. The first-order chi connectivity index (χ1) is 8.31. The Labute approximate surface area is 116 Å². The molecule has 1 aliphatic heterocycles. The van der Waals surface area contributed by atoms with Gasteiger partial charge >= 0.3 is 0 Å². The van der Waals surface area contributed by atoms with Crippen molar-refractivity contribution in [1.82, 2.24) is 5.43 Å². The molecule has 1 saturated heterocycles. The van der Waals surface area contributed by atoms with Crippen LogP contribution in [0.5, 0.6) is 0 Å². The average Bonchev–Trinajstić information content (AvgIpc) is 2.38. The number of hydrazine groups is 1. The first-order valence-corrected chi connectivity index (χ1v) is 7.17. The number of nitrogens with one attached hydrogen (secondary N) is 1. The van der Waals surface area contributed by atoms with Crippen LogP contribution in [-0.4, -0.2) is 13.2 Å². The zero-order valence-corrected chi connectivity index (χ0v) is 12.0. The number of nitrogens with two attached hydrogens (primary N) is 1. The van der Waals surface area contributed by atoms with E-state index in [2.05, 4.69) is 52.3 Å². The lowest BCUT2D eigenvalue weighted by molar-refractivity contribution is 0.0605. The molecule has 1 heterocycles. The van der Waals surface area contributed by atoms with E-state index in [0.29, 0.717) is 0 Å². The van der Waals surface area contributed by atoms with Crippen molar-refractivity contribution in [3.8, 4) is 0 Å². The van der Waals surface area contributed by atoms with Crippen LogP contribution in [0.15, 0.2) is 24.3 Å². The molecule has 0 saturated carbocycles. The van der Waals surface area contributed by atoms with Crippen LogP contribution in [0.2, 0.25) is 0 Å². The Bertz CT molecular complexity index is 353. The molecule has 1 aromatic rings. The summed E-state index contributed by atoms with van der Waals surface area (Å²) in [5.41, 5.74) is 4.27. The number of benzene rings is 1. The molecule has 0 aromatic heterocycles. The third kappa shape index (κ3) is 3.64. The molecule has 3 nitrogen and oxygen atoms in total. The largest absolute Gasteiger partial charge is 0.381 e. The lowest BCUT2D eigenvalue weighted by atomic mass is 9.90. The second-order valence-corrected chi connectivity index (χ2v) is 5.69. The van der Waals surface area contributed by atoms with Gasteiger partial charge in [-0.2, -0.15) is 0 Å². The highest BCUT2D eigenvalue weighted by Crippen LogP contribution is 2.29. The number of hydrogen-bond donors (Lipinski definition) is 2. The molecule has 1 aliphatic rings. The molecule has 0 aliphatic carbocycles. The Balaban J connectivity index is 2.03. The summed E-state index contributed by atoms with van der Waals surface area (Å²) in [6.07, 6.45) is 3.41. The van der Waals surface area contributed by atoms with E-state index in [4.69, 9.17) is 10.6 Å². The Morgan fingerprint density at radius 2 is 2.06 bits per heavy atom. The van der Waals surface area contributed by atoms with E-state index in [-0.39, 0.29) is 6.04 Å². The SMILES string of the molecule is NNC(CC1CCOCC1)c1ccccc1I. The molecule has 0 spiro atoms. The van der Waals surface area contributed by atoms with Crippen LogP contribution >= 0.6 is 22.6 Å². The Morgan fingerprint density at radius 3 is 2.71 bits per heavy atom. The lowest BCUT2D eigenvalue weighted by Gasteiger charge is -2.27. The van der Waals surface area contributed by atoms with Crippen molar-refractivity contribution in [3.05, 3.63) is 33.4 Å². The van der Waals surface area contributed by atoms with Gasteiger partial charge in [-0.05, 0) is 59.4 Å². The lowest BCUT2D eigenvalue weighted by Crippen LogP contribution is -2.31. The maximum absolute atomic E-state index is 5.71. The molecule has 94 valence electrons. The minimum absolute atomic E-state index is 0.256. The van der Waals surface area contributed by atoms with Gasteiger partial charge < -0.3 is 4.74 Å². The van der Waals surface area contributed by atoms with E-state index >= 15 is 0 Å². The molecule has 1 fully saturated rings. The van der Waals surface area contributed by atoms with E-state index in [0.717, 1.165) is 38.4 Å². The summed E-state index contributed by atoms with van der Waals surface area (Å²) in [7, 11) is 0. The predicted octanol–water partition coefficient (Wildman–Crippen LogP) is 2.61. The van der Waals surface area contributed by atoms with Crippen molar-refractivity contribution in [3.63, 3.8) is 0 Å². The summed E-state index contributed by atoms with van der Waals surface area (Å²) in [6, 6.07) is 8.68. The molecule has 0 amide bonds. The second-order valence-electron chi connectivity index (χ2n) is 4.53. The fourth-order valence-corrected chi connectivity index (χ4v) is 3.12. The molecule has 3 N–H and O–H groups in total. The average molecular weight is 346 g/mol. The van der Waals surface area contributed by atoms with Gasteiger partial charge in [0.05, 0.1) is 0 Å². The minimum Gasteiger partial charge on any atom is -0.381 e. The van der Waals surface area contributed by atoms with Gasteiger partial charge in [0, 0.05) is 22.8 Å². The van der Waals surface area contributed by atoms with E-state index in [9.17, 15) is 0 Å². The topological polar surface area (TPSA) is 47.3 Å². The van der Waals surface area contributed by atoms with Gasteiger partial charge in [-0.3, -0.25) is 11.3 Å². The summed E-state index contributed by atoms with van der Waals surface area (Å²) in [5.74, 6) is 6.43. The van der Waals surface area contributed by atoms with Crippen LogP contribution in [0.4, 0.5) is 0 Å². The first-order valence-electron chi connectivity index (χ1n) is 6.09. The highest BCUT2D eigenvalue weighted by atomic mass is 127. The Morgan fingerprint density at radius 1 is 1.35 bits per heavy atom. The van der Waals surface area contributed by atoms with Gasteiger partial charge in [-0.1, -0.05) is 18.2 Å². The summed E-state index contributed by atoms with van der Waals surface area (Å²) >= 11 is 2.37. The van der Waals surface area contributed by atoms with E-state index in [1.807, 2.05) is 0 Å². The summed E-state index contributed by atoms with van der Waals surface area (Å²) in [4.78, 5) is 0. The third-order valence-corrected chi connectivity index (χ3v) is 4.37. The monoisotopic (exact) mass is 346 g/mol. The van der Waals surface area contributed by atoms with Crippen LogP contribution in [-0.2, 0) is 4.74 Å². The first kappa shape index (κ1) is 13.3. The van der Waals surface area contributed by atoms with Gasteiger partial charge in [0.2, 0.25) is 0 Å². The van der Waals surface area contributed by atoms with E-state index in [1.54, 1.807) is 0 Å². The molecule has 4 heteroatoms. The molecule has 17 heavy (non-hydrogen) atoms. The zero-order chi connectivity index (χ0) is 12.1. The standard InChI is InChI=1S/C13H19IN2O/c14-12-4-2-1-3-11(12)13(16-15)9-10-5-7-17-8-6-10/h1-4,10,13,16H,5-9,15H2. The Hall–Kier alpha value is -0.170. The van der Waals surface area contributed by atoms with Crippen molar-refractivity contribution >= 4 is 22.6 Å². The van der Waals surface area contributed by atoms with Crippen LogP contribution < -0.4 is 11.3 Å². The highest BCUT2D eigenvalue weighted by molar-refractivity contribution is 14.1. The number of rotatable bonds is 4. The Kier molecular flexibility index (Phi) is 5.21. The van der Waals surface area contributed by atoms with Crippen LogP contribution in [0, 0.1) is 9.49 Å². The van der Waals surface area contributed by atoms with Crippen molar-refractivity contribution < 1.29 is 4.74 Å². The molecule has 0 bridgehead atoms. The molecule has 1 unspecified atom stereocenters. The molecule has 0 radical (unpaired) electrons. The molecule has 1 aromatic carbocycles. The number of hydrogen-bond acceptors (Lipinski definition) is 3. The minimum atomic E-state index is 0.256. The normalized spacial score (nSPS) is 19.2. The fourth-order valence-electron chi connectivity index (χ4n) is 2.36. The van der Waals surface area contributed by atoms with Crippen molar-refractivity contribution in [1.29, 1.82) is 0 Å². The molecular weight excluding hydrogens is 327 g/mol. The smallest absolute Gasteiger partial charge is 0.0473 e. The molecule has 2 rings (SSSR count). The van der Waals surface area contributed by atoms with Crippen molar-refractivity contribution in [2.24, 2.45) is 11.8 Å². The van der Waals surface area contributed by atoms with Gasteiger partial charge in [0.1, 0.15) is 0 Å². The highest BCUT2D eigenvalue weighted by Gasteiger charge is 2.20. The quantitative estimate of drug-likeness (QED) is 0.501. The number of halogens is 1. The zero-order valence-electron chi connectivity index (χ0n) is 9.86. The maximum atomic E-state index is 5.71. The van der Waals surface area contributed by atoms with Crippen LogP contribution in [0.1, 0.15) is 30.9 Å². The van der Waals surface area contributed by atoms with Crippen molar-refractivity contribution in [2.45, 2.75) is 25.3 Å². The van der Waals surface area contributed by atoms with Gasteiger partial charge in [0.15, 0.2) is 0 Å². The summed E-state index contributed by atoms with van der Waals surface area (Å²) < 4.78 is 6.67. The fraction of sp³-hybridized carbons (Fsp3) is 0.538. The van der Waals surface area contributed by atoms with Gasteiger partial charge in [-0.15, -0.1) is 0 Å². The van der Waals surface area contributed by atoms with E-state index < -0.39 is 0 Å². The van der Waals surface area contributed by atoms with E-state index in [1.165, 1.54) is 9.13 Å². The summed E-state index contributed by atoms with van der Waals surface area (Å²) in [5, 5.41) is 0.